The third-order valence-corrected chi connectivity index (χ3v) is 1.69. The van der Waals surface area contributed by atoms with Crippen molar-refractivity contribution in [3.05, 3.63) is 0 Å². The lowest BCUT2D eigenvalue weighted by Crippen LogP contribution is -2.49. The molecule has 1 fully saturated rings. The Kier molecular flexibility index (Phi) is 3.68. The predicted octanol–water partition coefficient (Wildman–Crippen LogP) is -0.330. The second-order valence-electron chi connectivity index (χ2n) is 2.44. The van der Waals surface area contributed by atoms with E-state index in [-0.39, 0.29) is 28.8 Å². The number of hydrogen-bond acceptors (Lipinski definition) is 3. The van der Waals surface area contributed by atoms with E-state index in [2.05, 4.69) is 0 Å². The van der Waals surface area contributed by atoms with Crippen LogP contribution in [-0.2, 0) is 9.59 Å². The van der Waals surface area contributed by atoms with Gasteiger partial charge in [-0.1, -0.05) is 0 Å². The number of likely N-dealkylation sites (N-methyl/N-ethyl adjacent to an activating group) is 1. The molecule has 1 heterocycles. The number of amides is 2. The molecule has 64 valence electrons. The molecule has 1 aliphatic rings. The Morgan fingerprint density at radius 2 is 2.09 bits per heavy atom. The maximum atomic E-state index is 10.9. The fourth-order valence-electron chi connectivity index (χ4n) is 0.942. The van der Waals surface area contributed by atoms with Gasteiger partial charge in [-0.15, -0.1) is 17.0 Å². The molecule has 2 amide bonds. The zero-order valence-corrected chi connectivity index (χ0v) is 7.95. The summed E-state index contributed by atoms with van der Waals surface area (Å²) in [6.45, 7) is 0. The molecule has 0 aromatic rings. The normalized spacial score (nSPS) is 24.9. The Bertz CT molecular complexity index is 183. The lowest BCUT2D eigenvalue weighted by atomic mass is 10.1. The van der Waals surface area contributed by atoms with Gasteiger partial charge in [-0.05, 0) is 6.42 Å². The Morgan fingerprint density at radius 1 is 1.55 bits per heavy atom. The van der Waals surface area contributed by atoms with Gasteiger partial charge in [-0.25, -0.2) is 0 Å². The first-order valence-corrected chi connectivity index (χ1v) is 3.19. The highest BCUT2D eigenvalue weighted by atomic mass is 79.9. The van der Waals surface area contributed by atoms with Crippen LogP contribution in [-0.4, -0.2) is 29.8 Å². The van der Waals surface area contributed by atoms with Crippen LogP contribution in [0, 0.1) is 0 Å². The SMILES string of the molecule is Br.CN1C(=O)CC[C@@H](N)C1=O. The van der Waals surface area contributed by atoms with Gasteiger partial charge in [0.25, 0.3) is 0 Å². The molecule has 1 aliphatic heterocycles. The Balaban J connectivity index is 0.000001000. The fourth-order valence-corrected chi connectivity index (χ4v) is 0.942. The average Bonchev–Trinajstić information content (AvgIpc) is 1.93. The lowest BCUT2D eigenvalue weighted by Gasteiger charge is -2.24. The van der Waals surface area contributed by atoms with Crippen molar-refractivity contribution in [3.8, 4) is 0 Å². The van der Waals surface area contributed by atoms with Crippen LogP contribution in [0.25, 0.3) is 0 Å². The fraction of sp³-hybridized carbons (Fsp3) is 0.667. The summed E-state index contributed by atoms with van der Waals surface area (Å²) in [5.41, 5.74) is 5.39. The van der Waals surface area contributed by atoms with E-state index in [0.717, 1.165) is 4.90 Å². The van der Waals surface area contributed by atoms with E-state index < -0.39 is 6.04 Å². The number of nitrogens with zero attached hydrogens (tertiary/aromatic N) is 1. The van der Waals surface area contributed by atoms with E-state index in [1.165, 1.54) is 7.05 Å². The van der Waals surface area contributed by atoms with Gasteiger partial charge in [0.05, 0.1) is 6.04 Å². The lowest BCUT2D eigenvalue weighted by molar-refractivity contribution is -0.147. The number of imide groups is 1. The van der Waals surface area contributed by atoms with E-state index in [4.69, 9.17) is 5.73 Å². The van der Waals surface area contributed by atoms with Gasteiger partial charge in [0.2, 0.25) is 11.8 Å². The largest absolute Gasteiger partial charge is 0.320 e. The molecule has 1 rings (SSSR count). The summed E-state index contributed by atoms with van der Waals surface area (Å²) in [6.07, 6.45) is 0.880. The number of likely N-dealkylation sites (tertiary alicyclic amines) is 1. The van der Waals surface area contributed by atoms with E-state index in [0.29, 0.717) is 12.8 Å². The predicted molar refractivity (Wildman–Crippen MR) is 45.3 cm³/mol. The van der Waals surface area contributed by atoms with Crippen molar-refractivity contribution >= 4 is 28.8 Å². The second kappa shape index (κ2) is 3.82. The molecule has 0 saturated carbocycles. The van der Waals surface area contributed by atoms with Crippen LogP contribution in [0.2, 0.25) is 0 Å². The van der Waals surface area contributed by atoms with Crippen LogP contribution < -0.4 is 5.73 Å². The maximum absolute atomic E-state index is 10.9. The summed E-state index contributed by atoms with van der Waals surface area (Å²) in [5.74, 6) is -0.400. The highest BCUT2D eigenvalue weighted by Crippen LogP contribution is 2.08. The summed E-state index contributed by atoms with van der Waals surface area (Å²) in [6, 6.07) is -0.470. The third kappa shape index (κ3) is 2.00. The number of halogens is 1. The van der Waals surface area contributed by atoms with Crippen molar-refractivity contribution in [2.45, 2.75) is 18.9 Å². The molecule has 0 radical (unpaired) electrons. The Hall–Kier alpha value is -0.420. The van der Waals surface area contributed by atoms with Crippen molar-refractivity contribution < 1.29 is 9.59 Å². The van der Waals surface area contributed by atoms with E-state index in [1.54, 1.807) is 0 Å². The summed E-state index contributed by atoms with van der Waals surface area (Å²) in [7, 11) is 1.46. The molecular weight excluding hydrogens is 212 g/mol. The minimum Gasteiger partial charge on any atom is -0.320 e. The van der Waals surface area contributed by atoms with Crippen LogP contribution in [0.15, 0.2) is 0 Å². The van der Waals surface area contributed by atoms with E-state index >= 15 is 0 Å². The first-order valence-electron chi connectivity index (χ1n) is 3.19. The molecular formula is C6H11BrN2O2. The summed E-state index contributed by atoms with van der Waals surface area (Å²) in [4.78, 5) is 22.8. The molecule has 0 aromatic carbocycles. The second-order valence-corrected chi connectivity index (χ2v) is 2.44. The molecule has 0 spiro atoms. The number of nitrogens with two attached hydrogens (primary N) is 1. The monoisotopic (exact) mass is 222 g/mol. The zero-order valence-electron chi connectivity index (χ0n) is 6.24. The van der Waals surface area contributed by atoms with Crippen molar-refractivity contribution in [2.75, 3.05) is 7.05 Å². The quantitative estimate of drug-likeness (QED) is 0.572. The van der Waals surface area contributed by atoms with Crippen LogP contribution in [0.4, 0.5) is 0 Å². The molecule has 0 unspecified atom stereocenters. The third-order valence-electron chi connectivity index (χ3n) is 1.69. The first kappa shape index (κ1) is 10.6. The first-order chi connectivity index (χ1) is 4.63. The maximum Gasteiger partial charge on any atom is 0.245 e. The standard InChI is InChI=1S/C6H10N2O2.BrH/c1-8-5(9)3-2-4(7)6(8)10;/h4H,2-3,7H2,1H3;1H/t4-;/m1./s1. The van der Waals surface area contributed by atoms with E-state index in [1.807, 2.05) is 0 Å². The van der Waals surface area contributed by atoms with Gasteiger partial charge in [0, 0.05) is 13.5 Å². The Labute approximate surface area is 75.5 Å². The number of hydrogen-bond donors (Lipinski definition) is 1. The smallest absolute Gasteiger partial charge is 0.245 e. The van der Waals surface area contributed by atoms with Gasteiger partial charge in [-0.2, -0.15) is 0 Å². The molecule has 5 heteroatoms. The molecule has 4 nitrogen and oxygen atoms in total. The highest BCUT2D eigenvalue weighted by molar-refractivity contribution is 8.93. The molecule has 11 heavy (non-hydrogen) atoms. The molecule has 1 saturated heterocycles. The number of rotatable bonds is 0. The zero-order chi connectivity index (χ0) is 7.72. The van der Waals surface area contributed by atoms with Gasteiger partial charge < -0.3 is 5.73 Å². The number of piperidine rings is 1. The molecule has 1 atom stereocenters. The minimum absolute atomic E-state index is 0. The van der Waals surface area contributed by atoms with Gasteiger partial charge >= 0.3 is 0 Å². The molecule has 2 N–H and O–H groups in total. The molecule has 0 aliphatic carbocycles. The summed E-state index contributed by atoms with van der Waals surface area (Å²) < 4.78 is 0. The summed E-state index contributed by atoms with van der Waals surface area (Å²) in [5, 5.41) is 0. The van der Waals surface area contributed by atoms with Crippen molar-refractivity contribution in [1.29, 1.82) is 0 Å². The summed E-state index contributed by atoms with van der Waals surface area (Å²) >= 11 is 0. The van der Waals surface area contributed by atoms with Crippen LogP contribution >= 0.6 is 17.0 Å². The molecule has 0 aromatic heterocycles. The van der Waals surface area contributed by atoms with Crippen molar-refractivity contribution in [2.24, 2.45) is 5.73 Å². The number of carbonyl (C=O) groups is 2. The van der Waals surface area contributed by atoms with Crippen LogP contribution in [0.5, 0.6) is 0 Å². The van der Waals surface area contributed by atoms with Crippen LogP contribution in [0.1, 0.15) is 12.8 Å². The van der Waals surface area contributed by atoms with Gasteiger partial charge in [0.15, 0.2) is 0 Å². The topological polar surface area (TPSA) is 63.4 Å². The average molecular weight is 223 g/mol. The van der Waals surface area contributed by atoms with Gasteiger partial charge in [0.1, 0.15) is 0 Å². The van der Waals surface area contributed by atoms with Crippen molar-refractivity contribution in [3.63, 3.8) is 0 Å². The van der Waals surface area contributed by atoms with E-state index in [9.17, 15) is 9.59 Å². The van der Waals surface area contributed by atoms with Crippen molar-refractivity contribution in [1.82, 2.24) is 4.90 Å². The molecule has 0 bridgehead atoms. The number of carbonyl (C=O) groups excluding carboxylic acids is 2. The minimum atomic E-state index is -0.470. The Morgan fingerprint density at radius 3 is 2.55 bits per heavy atom. The van der Waals surface area contributed by atoms with Crippen LogP contribution in [0.3, 0.4) is 0 Å². The van der Waals surface area contributed by atoms with Gasteiger partial charge in [-0.3, -0.25) is 14.5 Å². The highest BCUT2D eigenvalue weighted by Gasteiger charge is 2.28.